The number of aliphatic imine (C=N–C) groups is 1. The predicted octanol–water partition coefficient (Wildman–Crippen LogP) is 2.48. The Kier molecular flexibility index (Phi) is 8.22. The predicted molar refractivity (Wildman–Crippen MR) is 121 cm³/mol. The van der Waals surface area contributed by atoms with Crippen LogP contribution in [0.1, 0.15) is 44.4 Å². The molecule has 1 aromatic carbocycles. The van der Waals surface area contributed by atoms with Crippen molar-refractivity contribution in [2.24, 2.45) is 4.99 Å². The molecule has 0 radical (unpaired) electrons. The van der Waals surface area contributed by atoms with Crippen LogP contribution in [0.2, 0.25) is 0 Å². The third kappa shape index (κ3) is 5.94. The number of methoxy groups -OCH3 is 1. The van der Waals surface area contributed by atoms with Crippen molar-refractivity contribution in [1.82, 2.24) is 25.4 Å². The van der Waals surface area contributed by atoms with Gasteiger partial charge in [-0.2, -0.15) is 5.10 Å². The number of halogens is 1. The summed E-state index contributed by atoms with van der Waals surface area (Å²) in [6.07, 6.45) is 1.80. The molecule has 2 N–H and O–H groups in total. The van der Waals surface area contributed by atoms with Crippen molar-refractivity contribution in [2.45, 2.75) is 59.4 Å². The van der Waals surface area contributed by atoms with Crippen LogP contribution in [0.25, 0.3) is 0 Å². The fraction of sp³-hybridized carbons (Fsp3) is 0.591. The Morgan fingerprint density at radius 3 is 2.81 bits per heavy atom. The van der Waals surface area contributed by atoms with Crippen LogP contribution in [0.15, 0.2) is 23.2 Å². The van der Waals surface area contributed by atoms with Crippen LogP contribution in [-0.2, 0) is 30.9 Å². The van der Waals surface area contributed by atoms with Crippen LogP contribution in [-0.4, -0.2) is 53.5 Å². The number of aromatic nitrogens is 3. The lowest BCUT2D eigenvalue weighted by atomic mass is 10.1. The molecule has 3 rings (SSSR count). The van der Waals surface area contributed by atoms with Crippen LogP contribution in [0.5, 0.6) is 0 Å². The van der Waals surface area contributed by atoms with E-state index in [1.54, 1.807) is 13.2 Å². The number of benzene rings is 1. The Labute approximate surface area is 183 Å². The van der Waals surface area contributed by atoms with Crippen molar-refractivity contribution < 1.29 is 9.13 Å². The maximum atomic E-state index is 14.6. The number of guanidine groups is 1. The minimum Gasteiger partial charge on any atom is -0.377 e. The summed E-state index contributed by atoms with van der Waals surface area (Å²) in [5.74, 6) is 2.23. The van der Waals surface area contributed by atoms with E-state index < -0.39 is 0 Å². The van der Waals surface area contributed by atoms with Gasteiger partial charge in [0.05, 0.1) is 18.8 Å². The zero-order chi connectivity index (χ0) is 22.2. The monoisotopic (exact) mass is 431 g/mol. The summed E-state index contributed by atoms with van der Waals surface area (Å²) in [6, 6.07) is 5.58. The van der Waals surface area contributed by atoms with E-state index in [1.165, 1.54) is 0 Å². The van der Waals surface area contributed by atoms with E-state index in [-0.39, 0.29) is 11.9 Å². The molecule has 2 heterocycles. The smallest absolute Gasteiger partial charge is 0.191 e. The average molecular weight is 432 g/mol. The summed E-state index contributed by atoms with van der Waals surface area (Å²) < 4.78 is 21.6. The molecule has 0 aliphatic carbocycles. The van der Waals surface area contributed by atoms with Crippen molar-refractivity contribution in [3.05, 3.63) is 41.2 Å². The summed E-state index contributed by atoms with van der Waals surface area (Å²) in [6.45, 7) is 9.95. The van der Waals surface area contributed by atoms with Gasteiger partial charge < -0.3 is 20.3 Å². The summed E-state index contributed by atoms with van der Waals surface area (Å²) in [5, 5.41) is 11.3. The third-order valence-electron chi connectivity index (χ3n) is 5.40. The standard InChI is InChI=1S/C22H34FN7O/c1-5-24-22(25-13-16-8-10-19(18(23)12-16)29(6-2)7-3)26-17-9-11-21-27-20(15-31-4)28-30(21)14-17/h8,10,12,17H,5-7,9,11,13-15H2,1-4H3,(H2,24,25,26). The molecule has 1 aromatic heterocycles. The highest BCUT2D eigenvalue weighted by Crippen LogP contribution is 2.21. The lowest BCUT2D eigenvalue weighted by Crippen LogP contribution is -2.47. The maximum Gasteiger partial charge on any atom is 0.191 e. The fourth-order valence-electron chi connectivity index (χ4n) is 3.82. The zero-order valence-corrected chi connectivity index (χ0v) is 19.0. The van der Waals surface area contributed by atoms with Gasteiger partial charge in [0.15, 0.2) is 11.8 Å². The first-order chi connectivity index (χ1) is 15.1. The average Bonchev–Trinajstić information content (AvgIpc) is 3.16. The van der Waals surface area contributed by atoms with Gasteiger partial charge in [-0.1, -0.05) is 6.07 Å². The highest BCUT2D eigenvalue weighted by atomic mass is 19.1. The number of nitrogens with one attached hydrogen (secondary N) is 2. The maximum absolute atomic E-state index is 14.6. The highest BCUT2D eigenvalue weighted by molar-refractivity contribution is 5.80. The minimum atomic E-state index is -0.202. The molecule has 0 bridgehead atoms. The largest absolute Gasteiger partial charge is 0.377 e. The summed E-state index contributed by atoms with van der Waals surface area (Å²) in [5.41, 5.74) is 1.48. The zero-order valence-electron chi connectivity index (χ0n) is 19.0. The third-order valence-corrected chi connectivity index (χ3v) is 5.40. The fourth-order valence-corrected chi connectivity index (χ4v) is 3.82. The Balaban J connectivity index is 1.64. The van der Waals surface area contributed by atoms with E-state index in [9.17, 15) is 4.39 Å². The van der Waals surface area contributed by atoms with Crippen LogP contribution >= 0.6 is 0 Å². The van der Waals surface area contributed by atoms with Gasteiger partial charge in [-0.15, -0.1) is 0 Å². The minimum absolute atomic E-state index is 0.198. The van der Waals surface area contributed by atoms with Gasteiger partial charge in [0.1, 0.15) is 18.2 Å². The van der Waals surface area contributed by atoms with Crippen molar-refractivity contribution in [3.8, 4) is 0 Å². The first kappa shape index (κ1) is 23.0. The Morgan fingerprint density at radius 1 is 1.32 bits per heavy atom. The van der Waals surface area contributed by atoms with Gasteiger partial charge in [0, 0.05) is 39.2 Å². The second-order valence-electron chi connectivity index (χ2n) is 7.59. The van der Waals surface area contributed by atoms with Crippen LogP contribution in [0, 0.1) is 5.82 Å². The van der Waals surface area contributed by atoms with Crippen LogP contribution in [0.4, 0.5) is 10.1 Å². The van der Waals surface area contributed by atoms with Crippen molar-refractivity contribution in [2.75, 3.05) is 31.6 Å². The Bertz CT molecular complexity index is 879. The molecule has 1 atom stereocenters. The SMILES string of the molecule is CCNC(=NCc1ccc(N(CC)CC)c(F)c1)NC1CCc2nc(COC)nn2C1. The second-order valence-corrected chi connectivity index (χ2v) is 7.59. The van der Waals surface area contributed by atoms with E-state index in [2.05, 4.69) is 25.7 Å². The summed E-state index contributed by atoms with van der Waals surface area (Å²) in [4.78, 5) is 11.2. The first-order valence-corrected chi connectivity index (χ1v) is 11.1. The van der Waals surface area contributed by atoms with Crippen LogP contribution in [0.3, 0.4) is 0 Å². The molecule has 1 aliphatic heterocycles. The molecule has 0 spiro atoms. The van der Waals surface area contributed by atoms with Crippen LogP contribution < -0.4 is 15.5 Å². The Morgan fingerprint density at radius 2 is 2.13 bits per heavy atom. The Hall–Kier alpha value is -2.68. The number of hydrogen-bond acceptors (Lipinski definition) is 5. The molecule has 2 aromatic rings. The van der Waals surface area contributed by atoms with E-state index in [0.717, 1.165) is 56.4 Å². The second kappa shape index (κ2) is 11.1. The lowest BCUT2D eigenvalue weighted by Gasteiger charge is -2.25. The number of hydrogen-bond donors (Lipinski definition) is 2. The molecule has 0 fully saturated rings. The summed E-state index contributed by atoms with van der Waals surface area (Å²) >= 11 is 0. The van der Waals surface area contributed by atoms with Gasteiger partial charge in [0.25, 0.3) is 0 Å². The normalized spacial score (nSPS) is 16.2. The highest BCUT2D eigenvalue weighted by Gasteiger charge is 2.22. The van der Waals surface area contributed by atoms with Crippen molar-refractivity contribution in [3.63, 3.8) is 0 Å². The quantitative estimate of drug-likeness (QED) is 0.469. The number of aryl methyl sites for hydroxylation is 1. The first-order valence-electron chi connectivity index (χ1n) is 11.1. The molecule has 9 heteroatoms. The van der Waals surface area contributed by atoms with E-state index in [1.807, 2.05) is 42.5 Å². The van der Waals surface area contributed by atoms with E-state index in [0.29, 0.717) is 24.7 Å². The molecule has 0 saturated heterocycles. The van der Waals surface area contributed by atoms with Crippen molar-refractivity contribution in [1.29, 1.82) is 0 Å². The van der Waals surface area contributed by atoms with Gasteiger partial charge in [-0.25, -0.2) is 19.0 Å². The number of ether oxygens (including phenoxy) is 1. The number of nitrogens with zero attached hydrogens (tertiary/aromatic N) is 5. The molecule has 170 valence electrons. The summed E-state index contributed by atoms with van der Waals surface area (Å²) in [7, 11) is 1.65. The number of fused-ring (bicyclic) bond motifs is 1. The molecule has 1 unspecified atom stereocenters. The van der Waals surface area contributed by atoms with E-state index in [4.69, 9.17) is 4.74 Å². The van der Waals surface area contributed by atoms with Gasteiger partial charge in [-0.05, 0) is 44.9 Å². The van der Waals surface area contributed by atoms with Gasteiger partial charge in [-0.3, -0.25) is 0 Å². The molecule has 0 saturated carbocycles. The van der Waals surface area contributed by atoms with Gasteiger partial charge >= 0.3 is 0 Å². The topological polar surface area (TPSA) is 79.6 Å². The number of rotatable bonds is 9. The van der Waals surface area contributed by atoms with Gasteiger partial charge in [0.2, 0.25) is 0 Å². The molecule has 8 nitrogen and oxygen atoms in total. The lowest BCUT2D eigenvalue weighted by molar-refractivity contribution is 0.177. The molecular weight excluding hydrogens is 397 g/mol. The molecule has 31 heavy (non-hydrogen) atoms. The van der Waals surface area contributed by atoms with Crippen molar-refractivity contribution >= 4 is 11.6 Å². The number of anilines is 1. The van der Waals surface area contributed by atoms with E-state index >= 15 is 0 Å². The molecule has 1 aliphatic rings. The molecule has 0 amide bonds. The molecular formula is C22H34FN7O.